The van der Waals surface area contributed by atoms with Crippen molar-refractivity contribution in [1.29, 1.82) is 0 Å². The molecule has 0 N–H and O–H groups in total. The van der Waals surface area contributed by atoms with Crippen molar-refractivity contribution in [3.8, 4) is 0 Å². The minimum Gasteiger partial charge on any atom is -0.465 e. The molecule has 0 bridgehead atoms. The number of nitrogens with zero attached hydrogens (tertiary/aromatic N) is 2. The second kappa shape index (κ2) is 6.75. The second-order valence-electron chi connectivity index (χ2n) is 3.58. The van der Waals surface area contributed by atoms with Crippen molar-refractivity contribution < 1.29 is 23.6 Å². The molecular formula is C11H16N2O5. The van der Waals surface area contributed by atoms with Crippen LogP contribution in [-0.2, 0) is 20.9 Å². The quantitative estimate of drug-likeness (QED) is 0.687. The van der Waals surface area contributed by atoms with E-state index in [0.717, 1.165) is 0 Å². The summed E-state index contributed by atoms with van der Waals surface area (Å²) in [4.78, 5) is 24.3. The Bertz CT molecular complexity index is 415. The van der Waals surface area contributed by atoms with E-state index in [9.17, 15) is 9.59 Å². The molecule has 0 saturated heterocycles. The lowest BCUT2D eigenvalue weighted by Gasteiger charge is -2.13. The Balaban J connectivity index is 2.59. The first-order valence-corrected chi connectivity index (χ1v) is 5.44. The molecule has 1 heterocycles. The third-order valence-corrected chi connectivity index (χ3v) is 2.08. The Hall–Kier alpha value is -1.89. The van der Waals surface area contributed by atoms with E-state index in [0.29, 0.717) is 5.76 Å². The lowest BCUT2D eigenvalue weighted by molar-refractivity contribution is -0.143. The summed E-state index contributed by atoms with van der Waals surface area (Å²) >= 11 is 0. The fourth-order valence-corrected chi connectivity index (χ4v) is 1.29. The fraction of sp³-hybridized carbons (Fsp3) is 0.545. The van der Waals surface area contributed by atoms with Gasteiger partial charge in [0.05, 0.1) is 6.61 Å². The zero-order chi connectivity index (χ0) is 13.5. The summed E-state index contributed by atoms with van der Waals surface area (Å²) in [5.74, 6) is -0.423. The molecule has 0 aliphatic heterocycles. The van der Waals surface area contributed by atoms with Crippen LogP contribution in [0.3, 0.4) is 0 Å². The number of amides is 1. The fourth-order valence-electron chi connectivity index (χ4n) is 1.29. The molecule has 1 amide bonds. The topological polar surface area (TPSA) is 81.9 Å². The zero-order valence-corrected chi connectivity index (χ0v) is 10.6. The van der Waals surface area contributed by atoms with Gasteiger partial charge in [-0.15, -0.1) is 0 Å². The summed E-state index contributed by atoms with van der Waals surface area (Å²) in [6.07, 6.45) is 0. The first kappa shape index (κ1) is 14.2. The van der Waals surface area contributed by atoms with Crippen LogP contribution in [0.1, 0.15) is 23.2 Å². The van der Waals surface area contributed by atoms with Gasteiger partial charge in [0.2, 0.25) is 0 Å². The maximum absolute atomic E-state index is 11.9. The predicted molar refractivity (Wildman–Crippen MR) is 60.8 cm³/mol. The minimum absolute atomic E-state index is 0.126. The Morgan fingerprint density at radius 1 is 1.50 bits per heavy atom. The molecule has 1 aromatic rings. The summed E-state index contributed by atoms with van der Waals surface area (Å²) in [5.41, 5.74) is 0.133. The van der Waals surface area contributed by atoms with Crippen LogP contribution in [0.5, 0.6) is 0 Å². The predicted octanol–water partition coefficient (Wildman–Crippen LogP) is 0.456. The van der Waals surface area contributed by atoms with Gasteiger partial charge in [-0.3, -0.25) is 9.59 Å². The van der Waals surface area contributed by atoms with Gasteiger partial charge in [0.1, 0.15) is 13.2 Å². The van der Waals surface area contributed by atoms with E-state index >= 15 is 0 Å². The number of methoxy groups -OCH3 is 1. The van der Waals surface area contributed by atoms with Gasteiger partial charge < -0.3 is 18.9 Å². The van der Waals surface area contributed by atoms with Crippen LogP contribution in [-0.4, -0.2) is 49.2 Å². The van der Waals surface area contributed by atoms with Crippen molar-refractivity contribution >= 4 is 11.9 Å². The Labute approximate surface area is 105 Å². The molecule has 1 aromatic heterocycles. The van der Waals surface area contributed by atoms with Crippen molar-refractivity contribution in [2.24, 2.45) is 0 Å². The monoisotopic (exact) mass is 256 g/mol. The van der Waals surface area contributed by atoms with E-state index in [4.69, 9.17) is 14.0 Å². The van der Waals surface area contributed by atoms with Crippen LogP contribution in [0.15, 0.2) is 10.6 Å². The molecule has 0 radical (unpaired) electrons. The standard InChI is InChI=1S/C11H16N2O5/c1-4-17-10(14)6-13(2)11(15)9-5-8(7-16-3)18-12-9/h5H,4,6-7H2,1-3H3. The van der Waals surface area contributed by atoms with Crippen LogP contribution in [0.25, 0.3) is 0 Å². The lowest BCUT2D eigenvalue weighted by Crippen LogP contribution is -2.33. The maximum Gasteiger partial charge on any atom is 0.325 e. The van der Waals surface area contributed by atoms with Crippen molar-refractivity contribution in [3.63, 3.8) is 0 Å². The molecule has 0 spiro atoms. The molecule has 0 aliphatic rings. The second-order valence-corrected chi connectivity index (χ2v) is 3.58. The number of aromatic nitrogens is 1. The van der Waals surface area contributed by atoms with Gasteiger partial charge in [-0.05, 0) is 6.92 Å². The van der Waals surface area contributed by atoms with Crippen LogP contribution in [0.2, 0.25) is 0 Å². The number of hydrogen-bond donors (Lipinski definition) is 0. The number of carbonyl (C=O) groups is 2. The van der Waals surface area contributed by atoms with Gasteiger partial charge in [0.15, 0.2) is 11.5 Å². The molecule has 7 heteroatoms. The number of hydrogen-bond acceptors (Lipinski definition) is 6. The third kappa shape index (κ3) is 3.85. The maximum atomic E-state index is 11.9. The van der Waals surface area contributed by atoms with Gasteiger partial charge in [0, 0.05) is 20.2 Å². The van der Waals surface area contributed by atoms with Gasteiger partial charge >= 0.3 is 5.97 Å². The van der Waals surface area contributed by atoms with E-state index in [-0.39, 0.29) is 25.5 Å². The van der Waals surface area contributed by atoms with Gasteiger partial charge in [-0.2, -0.15) is 0 Å². The first-order valence-electron chi connectivity index (χ1n) is 5.44. The zero-order valence-electron chi connectivity index (χ0n) is 10.6. The highest BCUT2D eigenvalue weighted by Crippen LogP contribution is 2.07. The number of carbonyl (C=O) groups excluding carboxylic acids is 2. The molecule has 18 heavy (non-hydrogen) atoms. The third-order valence-electron chi connectivity index (χ3n) is 2.08. The SMILES string of the molecule is CCOC(=O)CN(C)C(=O)c1cc(COC)on1. The van der Waals surface area contributed by atoms with E-state index in [1.807, 2.05) is 0 Å². The highest BCUT2D eigenvalue weighted by Gasteiger charge is 2.19. The van der Waals surface area contributed by atoms with E-state index in [2.05, 4.69) is 5.16 Å². The number of likely N-dealkylation sites (N-methyl/N-ethyl adjacent to an activating group) is 1. The molecular weight excluding hydrogens is 240 g/mol. The smallest absolute Gasteiger partial charge is 0.325 e. The Morgan fingerprint density at radius 2 is 2.22 bits per heavy atom. The number of esters is 1. The highest BCUT2D eigenvalue weighted by atomic mass is 16.5. The first-order chi connectivity index (χ1) is 8.58. The van der Waals surface area contributed by atoms with Crippen molar-refractivity contribution in [2.75, 3.05) is 27.3 Å². The van der Waals surface area contributed by atoms with Crippen molar-refractivity contribution in [2.45, 2.75) is 13.5 Å². The lowest BCUT2D eigenvalue weighted by atomic mass is 10.3. The van der Waals surface area contributed by atoms with E-state index in [1.165, 1.54) is 25.1 Å². The summed E-state index contributed by atoms with van der Waals surface area (Å²) in [5, 5.41) is 3.61. The number of ether oxygens (including phenoxy) is 2. The molecule has 0 atom stereocenters. The molecule has 7 nitrogen and oxygen atoms in total. The Kier molecular flexibility index (Phi) is 5.31. The van der Waals surface area contributed by atoms with Crippen molar-refractivity contribution in [3.05, 3.63) is 17.5 Å². The Morgan fingerprint density at radius 3 is 2.83 bits per heavy atom. The minimum atomic E-state index is -0.464. The van der Waals surface area contributed by atoms with Gasteiger partial charge in [-0.25, -0.2) is 0 Å². The van der Waals surface area contributed by atoms with Crippen LogP contribution < -0.4 is 0 Å². The summed E-state index contributed by atoms with van der Waals surface area (Å²) < 4.78 is 14.5. The molecule has 0 aliphatic carbocycles. The molecule has 1 rings (SSSR count). The summed E-state index contributed by atoms with van der Waals surface area (Å²) in [6, 6.07) is 1.48. The molecule has 0 fully saturated rings. The summed E-state index contributed by atoms with van der Waals surface area (Å²) in [6.45, 7) is 2.10. The molecule has 0 aromatic carbocycles. The van der Waals surface area contributed by atoms with E-state index in [1.54, 1.807) is 6.92 Å². The average Bonchev–Trinajstić information content (AvgIpc) is 2.77. The van der Waals surface area contributed by atoms with Crippen LogP contribution in [0, 0.1) is 0 Å². The molecule has 0 saturated carbocycles. The normalized spacial score (nSPS) is 10.2. The van der Waals surface area contributed by atoms with Gasteiger partial charge in [0.25, 0.3) is 5.91 Å². The number of rotatable bonds is 6. The van der Waals surface area contributed by atoms with Crippen molar-refractivity contribution in [1.82, 2.24) is 10.1 Å². The van der Waals surface area contributed by atoms with Crippen LogP contribution in [0.4, 0.5) is 0 Å². The van der Waals surface area contributed by atoms with Gasteiger partial charge in [-0.1, -0.05) is 5.16 Å². The van der Waals surface area contributed by atoms with Crippen LogP contribution >= 0.6 is 0 Å². The molecule has 100 valence electrons. The molecule has 0 unspecified atom stereocenters. The largest absolute Gasteiger partial charge is 0.465 e. The average molecular weight is 256 g/mol. The highest BCUT2D eigenvalue weighted by molar-refractivity contribution is 5.94. The summed E-state index contributed by atoms with van der Waals surface area (Å²) in [7, 11) is 3.00. The van der Waals surface area contributed by atoms with E-state index < -0.39 is 11.9 Å².